The van der Waals surface area contributed by atoms with Gasteiger partial charge >= 0.3 is 5.97 Å². The molecule has 0 amide bonds. The van der Waals surface area contributed by atoms with Gasteiger partial charge in [-0.1, -0.05) is 12.1 Å². The third-order valence-corrected chi connectivity index (χ3v) is 6.29. The third kappa shape index (κ3) is 2.55. The number of aromatic nitrogens is 1. The summed E-state index contributed by atoms with van der Waals surface area (Å²) in [5.74, 6) is -1.08. The molecule has 3 heterocycles. The highest BCUT2D eigenvalue weighted by molar-refractivity contribution is 6.10. The SMILES string of the molecule is CC1=C(C#N)C(c2cccc3c2-c2cccn2C3=O)C(C(=O)OC2CCC2)=C(C)N1. The maximum atomic E-state index is 13.2. The highest BCUT2D eigenvalue weighted by Crippen LogP contribution is 2.45. The first-order chi connectivity index (χ1) is 14.5. The van der Waals surface area contributed by atoms with Crippen LogP contribution in [0.3, 0.4) is 0 Å². The molecular weight excluding hydrogens is 378 g/mol. The normalized spacial score (nSPS) is 20.3. The number of fused-ring (bicyclic) bond motifs is 3. The number of allylic oxidation sites excluding steroid dienone is 3. The molecule has 0 spiro atoms. The van der Waals surface area contributed by atoms with E-state index >= 15 is 0 Å². The number of hydrogen-bond acceptors (Lipinski definition) is 5. The van der Waals surface area contributed by atoms with Crippen molar-refractivity contribution in [3.05, 3.63) is 70.2 Å². The maximum Gasteiger partial charge on any atom is 0.337 e. The summed E-state index contributed by atoms with van der Waals surface area (Å²) >= 11 is 0. The molecule has 1 fully saturated rings. The molecule has 6 nitrogen and oxygen atoms in total. The summed E-state index contributed by atoms with van der Waals surface area (Å²) in [7, 11) is 0. The van der Waals surface area contributed by atoms with Gasteiger partial charge in [-0.3, -0.25) is 9.36 Å². The van der Waals surface area contributed by atoms with Crippen molar-refractivity contribution in [3.63, 3.8) is 0 Å². The second-order valence-electron chi connectivity index (χ2n) is 8.04. The molecule has 1 saturated carbocycles. The van der Waals surface area contributed by atoms with E-state index in [1.807, 2.05) is 38.1 Å². The molecule has 5 rings (SSSR count). The fourth-order valence-corrected chi connectivity index (χ4v) is 4.59. The number of benzene rings is 1. The topological polar surface area (TPSA) is 84.1 Å². The van der Waals surface area contributed by atoms with Gasteiger partial charge < -0.3 is 10.1 Å². The van der Waals surface area contributed by atoms with Crippen molar-refractivity contribution in [3.8, 4) is 17.3 Å². The van der Waals surface area contributed by atoms with Crippen LogP contribution in [0.15, 0.2) is 59.1 Å². The van der Waals surface area contributed by atoms with Gasteiger partial charge in [0.05, 0.1) is 28.8 Å². The van der Waals surface area contributed by atoms with Crippen LogP contribution in [-0.4, -0.2) is 22.5 Å². The maximum absolute atomic E-state index is 13.2. The number of ether oxygens (including phenoxy) is 1. The van der Waals surface area contributed by atoms with Gasteiger partial charge in [0.25, 0.3) is 5.91 Å². The summed E-state index contributed by atoms with van der Waals surface area (Å²) in [5.41, 5.74) is 5.21. The Balaban J connectivity index is 1.70. The quantitative estimate of drug-likeness (QED) is 0.673. The monoisotopic (exact) mass is 399 g/mol. The molecule has 1 aromatic carbocycles. The van der Waals surface area contributed by atoms with E-state index in [2.05, 4.69) is 11.4 Å². The number of nitrogens with zero attached hydrogens (tertiary/aromatic N) is 2. The first-order valence-electron chi connectivity index (χ1n) is 10.2. The Bertz CT molecular complexity index is 1200. The summed E-state index contributed by atoms with van der Waals surface area (Å²) in [4.78, 5) is 26.0. The fraction of sp³-hybridized carbons (Fsp3) is 0.292. The molecular formula is C24H21N3O3. The van der Waals surface area contributed by atoms with Crippen LogP contribution in [-0.2, 0) is 9.53 Å². The van der Waals surface area contributed by atoms with Crippen LogP contribution in [0, 0.1) is 11.3 Å². The molecule has 1 N–H and O–H groups in total. The van der Waals surface area contributed by atoms with E-state index in [0.717, 1.165) is 36.1 Å². The molecule has 0 bridgehead atoms. The van der Waals surface area contributed by atoms with Crippen LogP contribution in [0.1, 0.15) is 54.9 Å². The first-order valence-corrected chi connectivity index (χ1v) is 10.2. The molecule has 2 aromatic rings. The zero-order valence-electron chi connectivity index (χ0n) is 16.9. The number of esters is 1. The first kappa shape index (κ1) is 18.4. The lowest BCUT2D eigenvalue weighted by Gasteiger charge is -2.32. The van der Waals surface area contributed by atoms with Gasteiger partial charge in [0.2, 0.25) is 0 Å². The van der Waals surface area contributed by atoms with Crippen molar-refractivity contribution in [1.29, 1.82) is 5.26 Å². The lowest BCUT2D eigenvalue weighted by Crippen LogP contribution is -2.32. The van der Waals surface area contributed by atoms with Gasteiger partial charge in [-0.25, -0.2) is 4.79 Å². The van der Waals surface area contributed by atoms with Crippen LogP contribution in [0.5, 0.6) is 0 Å². The van der Waals surface area contributed by atoms with Crippen LogP contribution in [0.4, 0.5) is 0 Å². The number of carbonyl (C=O) groups excluding carboxylic acids is 2. The summed E-state index contributed by atoms with van der Waals surface area (Å²) in [6.07, 6.45) is 4.49. The minimum atomic E-state index is -0.590. The molecule has 0 radical (unpaired) electrons. The van der Waals surface area contributed by atoms with Gasteiger partial charge in [0, 0.05) is 28.7 Å². The van der Waals surface area contributed by atoms with E-state index < -0.39 is 11.9 Å². The molecule has 2 aliphatic heterocycles. The molecule has 1 aliphatic carbocycles. The zero-order chi connectivity index (χ0) is 21.0. The average molecular weight is 399 g/mol. The summed E-state index contributed by atoms with van der Waals surface area (Å²) in [6.45, 7) is 3.67. The molecule has 0 saturated heterocycles. The second-order valence-corrected chi connectivity index (χ2v) is 8.04. The van der Waals surface area contributed by atoms with Crippen molar-refractivity contribution in [2.45, 2.75) is 45.1 Å². The molecule has 6 heteroatoms. The van der Waals surface area contributed by atoms with Crippen LogP contribution in [0.2, 0.25) is 0 Å². The Morgan fingerprint density at radius 3 is 2.70 bits per heavy atom. The Hall–Kier alpha value is -3.59. The third-order valence-electron chi connectivity index (χ3n) is 6.29. The van der Waals surface area contributed by atoms with E-state index in [4.69, 9.17) is 4.74 Å². The summed E-state index contributed by atoms with van der Waals surface area (Å²) < 4.78 is 7.34. The lowest BCUT2D eigenvalue weighted by atomic mass is 9.78. The fourth-order valence-electron chi connectivity index (χ4n) is 4.59. The van der Waals surface area contributed by atoms with Crippen molar-refractivity contribution >= 4 is 11.9 Å². The van der Waals surface area contributed by atoms with Gasteiger partial charge in [0.1, 0.15) is 6.10 Å². The van der Waals surface area contributed by atoms with Crippen molar-refractivity contribution < 1.29 is 14.3 Å². The standard InChI is InChI=1S/C24H21N3O3/c1-13-18(12-25)22(20(14(2)26-13)24(29)30-15-6-3-7-15)16-8-4-9-17-21(16)19-10-5-11-27(19)23(17)28/h4-5,8-11,15,22,26H,3,6-7H2,1-2H3. The van der Waals surface area contributed by atoms with E-state index in [9.17, 15) is 14.9 Å². The van der Waals surface area contributed by atoms with Crippen LogP contribution in [0.25, 0.3) is 11.3 Å². The minimum absolute atomic E-state index is 0.0590. The Kier molecular flexibility index (Phi) is 4.14. The van der Waals surface area contributed by atoms with Gasteiger partial charge in [-0.15, -0.1) is 0 Å². The minimum Gasteiger partial charge on any atom is -0.459 e. The molecule has 3 aliphatic rings. The van der Waals surface area contributed by atoms with Gasteiger partial charge in [-0.05, 0) is 56.9 Å². The number of dihydropyridines is 1. The molecule has 30 heavy (non-hydrogen) atoms. The highest BCUT2D eigenvalue weighted by Gasteiger charge is 2.39. The van der Waals surface area contributed by atoms with E-state index in [0.29, 0.717) is 28.1 Å². The van der Waals surface area contributed by atoms with E-state index in [1.165, 1.54) is 0 Å². The predicted octanol–water partition coefficient (Wildman–Crippen LogP) is 4.01. The largest absolute Gasteiger partial charge is 0.459 e. The van der Waals surface area contributed by atoms with Gasteiger partial charge in [0.15, 0.2) is 0 Å². The van der Waals surface area contributed by atoms with E-state index in [1.54, 1.807) is 16.8 Å². The number of nitriles is 1. The van der Waals surface area contributed by atoms with Crippen molar-refractivity contribution in [1.82, 2.24) is 9.88 Å². The number of hydrogen-bond donors (Lipinski definition) is 1. The zero-order valence-corrected chi connectivity index (χ0v) is 16.9. The second kappa shape index (κ2) is 6.74. The van der Waals surface area contributed by atoms with Crippen molar-refractivity contribution in [2.24, 2.45) is 0 Å². The molecule has 1 atom stereocenters. The Morgan fingerprint density at radius 1 is 1.20 bits per heavy atom. The number of carbonyl (C=O) groups is 2. The van der Waals surface area contributed by atoms with Crippen LogP contribution < -0.4 is 5.32 Å². The summed E-state index contributed by atoms with van der Waals surface area (Å²) in [5, 5.41) is 13.2. The molecule has 1 aromatic heterocycles. The predicted molar refractivity (Wildman–Crippen MR) is 110 cm³/mol. The van der Waals surface area contributed by atoms with Crippen molar-refractivity contribution in [2.75, 3.05) is 0 Å². The summed E-state index contributed by atoms with van der Waals surface area (Å²) in [6, 6.07) is 11.5. The number of rotatable bonds is 3. The number of nitrogens with one attached hydrogen (secondary N) is 1. The average Bonchev–Trinajstić information content (AvgIpc) is 3.27. The molecule has 150 valence electrons. The molecule has 1 unspecified atom stereocenters. The van der Waals surface area contributed by atoms with Gasteiger partial charge in [-0.2, -0.15) is 5.26 Å². The smallest absolute Gasteiger partial charge is 0.337 e. The Labute approximate surface area is 174 Å². The lowest BCUT2D eigenvalue weighted by molar-refractivity contribution is -0.148. The Morgan fingerprint density at radius 2 is 2.00 bits per heavy atom. The van der Waals surface area contributed by atoms with Crippen LogP contribution >= 0.6 is 0 Å². The van der Waals surface area contributed by atoms with E-state index in [-0.39, 0.29) is 12.0 Å². The highest BCUT2D eigenvalue weighted by atomic mass is 16.5.